The Morgan fingerprint density at radius 2 is 1.68 bits per heavy atom. The normalized spacial score (nSPS) is 11.4. The van der Waals surface area contributed by atoms with Gasteiger partial charge in [-0.25, -0.2) is 13.2 Å². The number of anilines is 1. The SMILES string of the molecule is CCCCS(=O)(=O)c1cc2c(cc1NC(=O)c1ccc(OC(C)=O)c(OC)c1)n(C)c(=O)n2C. The number of imidazole rings is 1. The molecule has 34 heavy (non-hydrogen) atoms. The molecular weight excluding hydrogens is 462 g/mol. The maximum absolute atomic E-state index is 13.1. The molecule has 0 aliphatic rings. The summed E-state index contributed by atoms with van der Waals surface area (Å²) in [7, 11) is 0.747. The third kappa shape index (κ3) is 4.84. The average molecular weight is 490 g/mol. The number of rotatable bonds is 8. The first kappa shape index (κ1) is 25.0. The van der Waals surface area contributed by atoms with Crippen LogP contribution < -0.4 is 20.5 Å². The van der Waals surface area contributed by atoms with Crippen LogP contribution in [-0.4, -0.2) is 42.3 Å². The van der Waals surface area contributed by atoms with E-state index in [0.717, 1.165) is 0 Å². The van der Waals surface area contributed by atoms with Crippen LogP contribution >= 0.6 is 0 Å². The minimum absolute atomic E-state index is 0.0634. The highest BCUT2D eigenvalue weighted by atomic mass is 32.2. The van der Waals surface area contributed by atoms with Gasteiger partial charge in [0.15, 0.2) is 21.3 Å². The van der Waals surface area contributed by atoms with Crippen LogP contribution in [0.1, 0.15) is 37.0 Å². The van der Waals surface area contributed by atoms with Crippen LogP contribution in [0.25, 0.3) is 11.0 Å². The topological polar surface area (TPSA) is 126 Å². The Kier molecular flexibility index (Phi) is 7.15. The number of benzene rings is 2. The fourth-order valence-corrected chi connectivity index (χ4v) is 5.19. The molecule has 1 N–H and O–H groups in total. The van der Waals surface area contributed by atoms with Crippen molar-refractivity contribution in [3.8, 4) is 11.5 Å². The first-order valence-electron chi connectivity index (χ1n) is 10.6. The number of hydrogen-bond acceptors (Lipinski definition) is 7. The van der Waals surface area contributed by atoms with Crippen molar-refractivity contribution < 1.29 is 27.5 Å². The summed E-state index contributed by atoms with van der Waals surface area (Å²) in [5.41, 5.74) is 0.818. The number of nitrogens with zero attached hydrogens (tertiary/aromatic N) is 2. The summed E-state index contributed by atoms with van der Waals surface area (Å²) in [6, 6.07) is 7.13. The zero-order valence-corrected chi connectivity index (χ0v) is 20.5. The van der Waals surface area contributed by atoms with Crippen LogP contribution in [0, 0.1) is 0 Å². The largest absolute Gasteiger partial charge is 0.493 e. The van der Waals surface area contributed by atoms with Crippen LogP contribution in [0.4, 0.5) is 5.69 Å². The number of esters is 1. The molecule has 1 aromatic heterocycles. The molecular formula is C23H27N3O7S. The van der Waals surface area contributed by atoms with Gasteiger partial charge in [0, 0.05) is 26.6 Å². The minimum atomic E-state index is -3.75. The van der Waals surface area contributed by atoms with Gasteiger partial charge in [-0.15, -0.1) is 0 Å². The standard InChI is InChI=1S/C23H27N3O7S/c1-6-7-10-34(30,31)21-13-18-17(25(3)23(29)26(18)4)12-16(21)24-22(28)15-8-9-19(33-14(2)27)20(11-15)32-5/h8-9,11-13H,6-7,10H2,1-5H3,(H,24,28). The van der Waals surface area contributed by atoms with Gasteiger partial charge in [0.05, 0.1) is 34.5 Å². The molecule has 0 aliphatic carbocycles. The summed E-state index contributed by atoms with van der Waals surface area (Å²) in [5, 5.41) is 2.66. The van der Waals surface area contributed by atoms with Crippen LogP contribution in [0.3, 0.4) is 0 Å². The number of nitrogens with one attached hydrogen (secondary N) is 1. The molecule has 0 spiro atoms. The fourth-order valence-electron chi connectivity index (χ4n) is 3.57. The van der Waals surface area contributed by atoms with Crippen molar-refractivity contribution in [2.45, 2.75) is 31.6 Å². The monoisotopic (exact) mass is 489 g/mol. The fraction of sp³-hybridized carbons (Fsp3) is 0.348. The summed E-state index contributed by atoms with van der Waals surface area (Å²) >= 11 is 0. The molecule has 10 nitrogen and oxygen atoms in total. The van der Waals surface area contributed by atoms with Crippen molar-refractivity contribution in [3.05, 3.63) is 46.4 Å². The van der Waals surface area contributed by atoms with E-state index in [4.69, 9.17) is 9.47 Å². The zero-order valence-electron chi connectivity index (χ0n) is 19.7. The van der Waals surface area contributed by atoms with Gasteiger partial charge in [-0.3, -0.25) is 18.7 Å². The molecule has 182 valence electrons. The second-order valence-corrected chi connectivity index (χ2v) is 9.90. The molecule has 0 unspecified atom stereocenters. The lowest BCUT2D eigenvalue weighted by atomic mass is 10.1. The van der Waals surface area contributed by atoms with Gasteiger partial charge < -0.3 is 14.8 Å². The predicted molar refractivity (Wildman–Crippen MR) is 127 cm³/mol. The van der Waals surface area contributed by atoms with Gasteiger partial charge in [0.25, 0.3) is 5.91 Å². The van der Waals surface area contributed by atoms with Gasteiger partial charge in [0.2, 0.25) is 0 Å². The van der Waals surface area contributed by atoms with Gasteiger partial charge >= 0.3 is 11.7 Å². The molecule has 3 rings (SSSR count). The number of methoxy groups -OCH3 is 1. The molecule has 0 radical (unpaired) electrons. The number of unbranched alkanes of at least 4 members (excludes halogenated alkanes) is 1. The van der Waals surface area contributed by atoms with Crippen molar-refractivity contribution >= 4 is 38.4 Å². The van der Waals surface area contributed by atoms with E-state index in [1.165, 1.54) is 53.5 Å². The first-order valence-corrected chi connectivity index (χ1v) is 12.3. The Balaban J connectivity index is 2.10. The average Bonchev–Trinajstić information content (AvgIpc) is 3.00. The minimum Gasteiger partial charge on any atom is -0.493 e. The molecule has 0 aliphatic heterocycles. The van der Waals surface area contributed by atoms with Crippen LogP contribution in [0.5, 0.6) is 11.5 Å². The maximum Gasteiger partial charge on any atom is 0.328 e. The summed E-state index contributed by atoms with van der Waals surface area (Å²) < 4.78 is 39.2. The summed E-state index contributed by atoms with van der Waals surface area (Å²) in [4.78, 5) is 36.7. The Hall–Kier alpha value is -3.60. The zero-order chi connectivity index (χ0) is 25.2. The Morgan fingerprint density at radius 3 is 2.26 bits per heavy atom. The van der Waals surface area contributed by atoms with Crippen molar-refractivity contribution in [1.82, 2.24) is 9.13 Å². The van der Waals surface area contributed by atoms with Crippen molar-refractivity contribution in [2.24, 2.45) is 14.1 Å². The molecule has 0 atom stereocenters. The van der Waals surface area contributed by atoms with E-state index in [1.54, 1.807) is 14.1 Å². The molecule has 0 bridgehead atoms. The van der Waals surface area contributed by atoms with Crippen LogP contribution in [0.2, 0.25) is 0 Å². The molecule has 0 fully saturated rings. The highest BCUT2D eigenvalue weighted by Gasteiger charge is 2.24. The molecule has 1 amide bonds. The van der Waals surface area contributed by atoms with Gasteiger partial charge in [0.1, 0.15) is 0 Å². The smallest absolute Gasteiger partial charge is 0.328 e. The van der Waals surface area contributed by atoms with Gasteiger partial charge in [-0.05, 0) is 36.8 Å². The Morgan fingerprint density at radius 1 is 1.03 bits per heavy atom. The second kappa shape index (κ2) is 9.72. The quantitative estimate of drug-likeness (QED) is 0.381. The summed E-state index contributed by atoms with van der Waals surface area (Å²) in [6.07, 6.45) is 1.14. The van der Waals surface area contributed by atoms with E-state index in [-0.39, 0.29) is 39.1 Å². The summed E-state index contributed by atoms with van der Waals surface area (Å²) in [6.45, 7) is 3.13. The van der Waals surface area contributed by atoms with Crippen molar-refractivity contribution in [1.29, 1.82) is 0 Å². The molecule has 3 aromatic rings. The van der Waals surface area contributed by atoms with Gasteiger partial charge in [-0.2, -0.15) is 0 Å². The number of sulfone groups is 1. The highest BCUT2D eigenvalue weighted by Crippen LogP contribution is 2.31. The molecule has 1 heterocycles. The first-order chi connectivity index (χ1) is 16.0. The number of aromatic nitrogens is 2. The van der Waals surface area contributed by atoms with Gasteiger partial charge in [-0.1, -0.05) is 13.3 Å². The van der Waals surface area contributed by atoms with Crippen molar-refractivity contribution in [3.63, 3.8) is 0 Å². The van der Waals surface area contributed by atoms with E-state index in [9.17, 15) is 22.8 Å². The van der Waals surface area contributed by atoms with Crippen LogP contribution in [-0.2, 0) is 28.7 Å². The lowest BCUT2D eigenvalue weighted by Crippen LogP contribution is -2.19. The van der Waals surface area contributed by atoms with Crippen LogP contribution in [0.15, 0.2) is 40.0 Å². The molecule has 0 saturated carbocycles. The molecule has 2 aromatic carbocycles. The number of carbonyl (C=O) groups is 2. The van der Waals surface area contributed by atoms with E-state index in [1.807, 2.05) is 6.92 Å². The third-order valence-electron chi connectivity index (χ3n) is 5.40. The number of aryl methyl sites for hydroxylation is 2. The van der Waals surface area contributed by atoms with E-state index in [0.29, 0.717) is 23.9 Å². The predicted octanol–water partition coefficient (Wildman–Crippen LogP) is 2.64. The number of amides is 1. The molecule has 11 heteroatoms. The van der Waals surface area contributed by atoms with Crippen molar-refractivity contribution in [2.75, 3.05) is 18.2 Å². The lowest BCUT2D eigenvalue weighted by molar-refractivity contribution is -0.132. The lowest BCUT2D eigenvalue weighted by Gasteiger charge is -2.14. The summed E-state index contributed by atoms with van der Waals surface area (Å²) in [5.74, 6) is -0.919. The Labute approximate surface area is 197 Å². The van der Waals surface area contributed by atoms with E-state index >= 15 is 0 Å². The maximum atomic E-state index is 13.1. The highest BCUT2D eigenvalue weighted by molar-refractivity contribution is 7.91. The van der Waals surface area contributed by atoms with E-state index < -0.39 is 21.7 Å². The van der Waals surface area contributed by atoms with E-state index in [2.05, 4.69) is 5.32 Å². The number of fused-ring (bicyclic) bond motifs is 1. The number of hydrogen-bond donors (Lipinski definition) is 1. The third-order valence-corrected chi connectivity index (χ3v) is 7.24. The Bertz CT molecular complexity index is 1430. The number of carbonyl (C=O) groups excluding carboxylic acids is 2. The number of ether oxygens (including phenoxy) is 2. The second-order valence-electron chi connectivity index (χ2n) is 7.82. The molecule has 0 saturated heterocycles.